The molecule has 0 bridgehead atoms. The topological polar surface area (TPSA) is 40.9 Å². The molecular weight excluding hydrogens is 246 g/mol. The highest BCUT2D eigenvalue weighted by atomic mass is 16.1. The van der Waals surface area contributed by atoms with Crippen LogP contribution in [0.4, 0.5) is 0 Å². The van der Waals surface area contributed by atoms with Crippen molar-refractivity contribution in [1.82, 2.24) is 0 Å². The zero-order chi connectivity index (χ0) is 13.9. The van der Waals surface area contributed by atoms with Gasteiger partial charge in [-0.25, -0.2) is 0 Å². The van der Waals surface area contributed by atoms with Crippen LogP contribution in [-0.2, 0) is 0 Å². The molecule has 20 heavy (non-hydrogen) atoms. The number of rotatable bonds is 2. The molecule has 0 aliphatic carbocycles. The second-order valence-corrected chi connectivity index (χ2v) is 4.52. The van der Waals surface area contributed by atoms with E-state index in [1.807, 2.05) is 48.5 Å². The van der Waals surface area contributed by atoms with Gasteiger partial charge in [0, 0.05) is 16.5 Å². The van der Waals surface area contributed by atoms with Gasteiger partial charge in [-0.3, -0.25) is 4.79 Å². The fourth-order valence-electron chi connectivity index (χ4n) is 2.33. The normalized spacial score (nSPS) is 10.2. The van der Waals surface area contributed by atoms with E-state index >= 15 is 0 Å². The average molecular weight is 257 g/mol. The van der Waals surface area contributed by atoms with E-state index in [0.717, 1.165) is 10.8 Å². The summed E-state index contributed by atoms with van der Waals surface area (Å²) < 4.78 is 0. The molecule has 2 heteroatoms. The zero-order valence-electron chi connectivity index (χ0n) is 10.7. The third-order valence-electron chi connectivity index (χ3n) is 3.32. The lowest BCUT2D eigenvalue weighted by molar-refractivity contribution is 0.103. The van der Waals surface area contributed by atoms with Crippen LogP contribution in [0.15, 0.2) is 66.7 Å². The number of benzene rings is 3. The van der Waals surface area contributed by atoms with Crippen molar-refractivity contribution in [3.63, 3.8) is 0 Å². The molecule has 0 N–H and O–H groups in total. The summed E-state index contributed by atoms with van der Waals surface area (Å²) in [6.45, 7) is 0. The molecule has 0 aliphatic heterocycles. The molecule has 0 saturated carbocycles. The number of nitriles is 1. The Morgan fingerprint density at radius 2 is 1.55 bits per heavy atom. The molecule has 0 radical (unpaired) electrons. The molecule has 3 rings (SSSR count). The molecule has 0 aliphatic rings. The van der Waals surface area contributed by atoms with Gasteiger partial charge in [0.25, 0.3) is 0 Å². The van der Waals surface area contributed by atoms with Crippen molar-refractivity contribution in [3.8, 4) is 6.07 Å². The van der Waals surface area contributed by atoms with E-state index in [0.29, 0.717) is 16.7 Å². The van der Waals surface area contributed by atoms with E-state index in [4.69, 9.17) is 0 Å². The van der Waals surface area contributed by atoms with Crippen LogP contribution in [0.2, 0.25) is 0 Å². The predicted molar refractivity (Wildman–Crippen MR) is 78.5 cm³/mol. The summed E-state index contributed by atoms with van der Waals surface area (Å²) in [5.74, 6) is -0.118. The quantitative estimate of drug-likeness (QED) is 0.652. The summed E-state index contributed by atoms with van der Waals surface area (Å²) in [5.41, 5.74) is 1.49. The number of hydrogen-bond donors (Lipinski definition) is 0. The Kier molecular flexibility index (Phi) is 3.02. The minimum Gasteiger partial charge on any atom is -0.289 e. The molecular formula is C18H11NO. The van der Waals surface area contributed by atoms with Gasteiger partial charge in [0.15, 0.2) is 5.78 Å². The fraction of sp³-hybridized carbons (Fsp3) is 0. The third-order valence-corrected chi connectivity index (χ3v) is 3.32. The van der Waals surface area contributed by atoms with Gasteiger partial charge in [-0.2, -0.15) is 5.26 Å². The Labute approximate surface area is 116 Å². The molecule has 0 fully saturated rings. The second-order valence-electron chi connectivity index (χ2n) is 4.52. The monoisotopic (exact) mass is 257 g/mol. The lowest BCUT2D eigenvalue weighted by atomic mass is 9.94. The Bertz CT molecular complexity index is 829. The molecule has 2 nitrogen and oxygen atoms in total. The molecule has 0 atom stereocenters. The summed E-state index contributed by atoms with van der Waals surface area (Å²) in [7, 11) is 0. The van der Waals surface area contributed by atoms with E-state index in [1.54, 1.807) is 18.2 Å². The van der Waals surface area contributed by atoms with E-state index < -0.39 is 0 Å². The number of ketones is 1. The molecule has 0 aromatic heterocycles. The van der Waals surface area contributed by atoms with Gasteiger partial charge in [0.05, 0.1) is 5.56 Å². The van der Waals surface area contributed by atoms with Gasteiger partial charge < -0.3 is 0 Å². The lowest BCUT2D eigenvalue weighted by Gasteiger charge is -2.07. The lowest BCUT2D eigenvalue weighted by Crippen LogP contribution is -2.04. The number of fused-ring (bicyclic) bond motifs is 1. The average Bonchev–Trinajstić information content (AvgIpc) is 2.54. The number of nitrogens with zero attached hydrogens (tertiary/aromatic N) is 1. The first-order chi connectivity index (χ1) is 9.81. The second kappa shape index (κ2) is 4.99. The van der Waals surface area contributed by atoms with Crippen LogP contribution < -0.4 is 0 Å². The van der Waals surface area contributed by atoms with Crippen LogP contribution in [0, 0.1) is 11.3 Å². The van der Waals surface area contributed by atoms with Crippen molar-refractivity contribution in [2.45, 2.75) is 0 Å². The highest BCUT2D eigenvalue weighted by molar-refractivity contribution is 6.13. The summed E-state index contributed by atoms with van der Waals surface area (Å²) in [6.07, 6.45) is 0. The maximum Gasteiger partial charge on any atom is 0.194 e. The van der Waals surface area contributed by atoms with Gasteiger partial charge in [0.2, 0.25) is 0 Å². The van der Waals surface area contributed by atoms with E-state index in [1.165, 1.54) is 0 Å². The van der Waals surface area contributed by atoms with E-state index in [9.17, 15) is 10.1 Å². The molecule has 0 saturated heterocycles. The SMILES string of the molecule is N#Cc1c(C(=O)c2ccccc2)ccc2ccccc12. The summed E-state index contributed by atoms with van der Waals surface area (Å²) in [5, 5.41) is 11.2. The summed E-state index contributed by atoms with van der Waals surface area (Å²) in [4.78, 5) is 12.5. The Balaban J connectivity index is 2.23. The van der Waals surface area contributed by atoms with Crippen LogP contribution in [0.1, 0.15) is 21.5 Å². The Morgan fingerprint density at radius 3 is 2.30 bits per heavy atom. The molecule has 0 amide bonds. The predicted octanol–water partition coefficient (Wildman–Crippen LogP) is 3.94. The highest BCUT2D eigenvalue weighted by Crippen LogP contribution is 2.23. The first kappa shape index (κ1) is 12.1. The molecule has 0 heterocycles. The smallest absolute Gasteiger partial charge is 0.194 e. The number of carbonyl (C=O) groups is 1. The Morgan fingerprint density at radius 1 is 0.850 bits per heavy atom. The van der Waals surface area contributed by atoms with Gasteiger partial charge in [-0.15, -0.1) is 0 Å². The molecule has 94 valence electrons. The van der Waals surface area contributed by atoms with E-state index in [2.05, 4.69) is 6.07 Å². The molecule has 3 aromatic carbocycles. The largest absolute Gasteiger partial charge is 0.289 e. The summed E-state index contributed by atoms with van der Waals surface area (Å²) >= 11 is 0. The molecule has 0 spiro atoms. The maximum absolute atomic E-state index is 12.5. The van der Waals surface area contributed by atoms with Gasteiger partial charge in [0.1, 0.15) is 6.07 Å². The van der Waals surface area contributed by atoms with Gasteiger partial charge in [-0.05, 0) is 11.5 Å². The van der Waals surface area contributed by atoms with Crippen LogP contribution in [0.25, 0.3) is 10.8 Å². The first-order valence-corrected chi connectivity index (χ1v) is 6.33. The van der Waals surface area contributed by atoms with Gasteiger partial charge in [-0.1, -0.05) is 60.7 Å². The van der Waals surface area contributed by atoms with Crippen molar-refractivity contribution in [3.05, 3.63) is 83.4 Å². The zero-order valence-corrected chi connectivity index (χ0v) is 10.7. The number of carbonyl (C=O) groups excluding carboxylic acids is 1. The van der Waals surface area contributed by atoms with Crippen molar-refractivity contribution in [1.29, 1.82) is 5.26 Å². The number of hydrogen-bond acceptors (Lipinski definition) is 2. The van der Waals surface area contributed by atoms with Crippen LogP contribution in [0.3, 0.4) is 0 Å². The van der Waals surface area contributed by atoms with Crippen molar-refractivity contribution >= 4 is 16.6 Å². The van der Waals surface area contributed by atoms with E-state index in [-0.39, 0.29) is 5.78 Å². The van der Waals surface area contributed by atoms with Crippen molar-refractivity contribution < 1.29 is 4.79 Å². The minimum absolute atomic E-state index is 0.118. The first-order valence-electron chi connectivity index (χ1n) is 6.33. The molecule has 3 aromatic rings. The van der Waals surface area contributed by atoms with Crippen LogP contribution in [-0.4, -0.2) is 5.78 Å². The highest BCUT2D eigenvalue weighted by Gasteiger charge is 2.15. The van der Waals surface area contributed by atoms with Gasteiger partial charge >= 0.3 is 0 Å². The maximum atomic E-state index is 12.5. The third kappa shape index (κ3) is 1.96. The fourth-order valence-corrected chi connectivity index (χ4v) is 2.33. The van der Waals surface area contributed by atoms with Crippen molar-refractivity contribution in [2.75, 3.05) is 0 Å². The Hall–Kier alpha value is -2.92. The summed E-state index contributed by atoms with van der Waals surface area (Å²) in [6, 6.07) is 22.4. The van der Waals surface area contributed by atoms with Crippen LogP contribution >= 0.6 is 0 Å². The standard InChI is InChI=1S/C18H11NO/c19-12-17-15-9-5-4-6-13(15)10-11-16(17)18(20)14-7-2-1-3-8-14/h1-11H. The minimum atomic E-state index is -0.118. The molecule has 0 unspecified atom stereocenters. The van der Waals surface area contributed by atoms with Crippen LogP contribution in [0.5, 0.6) is 0 Å². The van der Waals surface area contributed by atoms with Crippen molar-refractivity contribution in [2.24, 2.45) is 0 Å².